The summed E-state index contributed by atoms with van der Waals surface area (Å²) in [5, 5.41) is 152. The van der Waals surface area contributed by atoms with E-state index < -0.39 is 259 Å². The van der Waals surface area contributed by atoms with E-state index in [1.165, 1.54) is 38.2 Å². The predicted molar refractivity (Wildman–Crippen MR) is 455 cm³/mol. The summed E-state index contributed by atoms with van der Waals surface area (Å²) in [6, 6.07) is 17.0. The number of carboxylic acids is 1. The third-order valence-corrected chi connectivity index (χ3v) is 23.2. The number of halogens is 2. The smallest absolute Gasteiger partial charge is 0.330 e. The predicted octanol–water partition coefficient (Wildman–Crippen LogP) is 4.99. The maximum Gasteiger partial charge on any atom is 0.330 e. The van der Waals surface area contributed by atoms with Crippen LogP contribution in [0.25, 0.3) is 11.1 Å². The Morgan fingerprint density at radius 3 is 1.97 bits per heavy atom. The van der Waals surface area contributed by atoms with Crippen LogP contribution in [-0.2, 0) is 65.7 Å². The number of nitrogens with zero attached hydrogens (tertiary/aromatic N) is 1. The Labute approximate surface area is 744 Å². The topological polar surface area (TPSA) is 598 Å². The SMILES string of the molecule is CN[C@H](CC(C)C)C(=O)N[C@H]1C(=O)N[C@@H](CC(N)=O)C(=O)N[C@H]2C(=O)N[C@H]3C(=O)N[C@H](C(=O)N[C@H](C(=O)O)c4cc(O)cc(O)c4-c4cc3ccc4O)[C@H](O)c3ccc(c(Cl)c3)Oc3cc2cc(c3O[C@H]2O[C@@H](CO)[C@H](O)[C@@H](O)[C@@H]2O[C@@H]2C[C@@](C)(NCc3cccc(NC(=O)c4ccc(C)c(OCc5ccccc5)c4[N+](=O)[O-])c3)[C@@H](O)[C@@H](C)O2)Oc2ccc(cc2Cl)[C@H]1O. The van der Waals surface area contributed by atoms with Gasteiger partial charge in [0, 0.05) is 46.9 Å². The Morgan fingerprint density at radius 1 is 0.690 bits per heavy atom. The average molecular weight is 1820 g/mol. The largest absolute Gasteiger partial charge is 0.508 e. The van der Waals surface area contributed by atoms with Gasteiger partial charge in [0.1, 0.15) is 102 Å². The number of phenols is 3. The Morgan fingerprint density at radius 2 is 1.33 bits per heavy atom. The fourth-order valence-electron chi connectivity index (χ4n) is 15.8. The number of aliphatic hydroxyl groups excluding tert-OH is 6. The number of rotatable bonds is 22. The van der Waals surface area contributed by atoms with Crippen LogP contribution in [0.4, 0.5) is 11.4 Å². The summed E-state index contributed by atoms with van der Waals surface area (Å²) >= 11 is 14.3. The van der Waals surface area contributed by atoms with Crippen LogP contribution in [0.5, 0.6) is 51.7 Å². The average Bonchev–Trinajstić information content (AvgIpc) is 0.949. The zero-order chi connectivity index (χ0) is 93.0. The number of carbonyl (C=O) groups excluding carboxylic acids is 8. The molecule has 8 aromatic carbocycles. The van der Waals surface area contributed by atoms with E-state index in [1.807, 2.05) is 0 Å². The zero-order valence-corrected chi connectivity index (χ0v) is 71.1. The lowest BCUT2D eigenvalue weighted by Crippen LogP contribution is -2.65. The van der Waals surface area contributed by atoms with Gasteiger partial charge < -0.3 is 138 Å². The van der Waals surface area contributed by atoms with Gasteiger partial charge in [0.05, 0.1) is 46.2 Å². The molecule has 2 saturated heterocycles. The van der Waals surface area contributed by atoms with Gasteiger partial charge in [0.25, 0.3) is 5.91 Å². The minimum Gasteiger partial charge on any atom is -0.508 e. The summed E-state index contributed by atoms with van der Waals surface area (Å²) in [6.07, 6.45) is -19.7. The van der Waals surface area contributed by atoms with E-state index in [2.05, 4.69) is 47.9 Å². The first kappa shape index (κ1) is 93.8. The van der Waals surface area contributed by atoms with Crippen molar-refractivity contribution in [1.82, 2.24) is 42.5 Å². The van der Waals surface area contributed by atoms with E-state index in [-0.39, 0.29) is 71.4 Å². The molecule has 39 nitrogen and oxygen atoms in total. The molecule has 7 heterocycles. The molecule has 0 spiro atoms. The van der Waals surface area contributed by atoms with Crippen molar-refractivity contribution in [2.24, 2.45) is 11.7 Å². The van der Waals surface area contributed by atoms with Crippen LogP contribution in [0.2, 0.25) is 10.0 Å². The van der Waals surface area contributed by atoms with E-state index in [0.29, 0.717) is 11.1 Å². The van der Waals surface area contributed by atoms with E-state index in [9.17, 15) is 80.4 Å². The second kappa shape index (κ2) is 39.4. The molecule has 0 aliphatic carbocycles. The zero-order valence-electron chi connectivity index (χ0n) is 69.6. The molecule has 41 heteroatoms. The highest BCUT2D eigenvalue weighted by molar-refractivity contribution is 6.32. The van der Waals surface area contributed by atoms with Crippen molar-refractivity contribution in [3.63, 3.8) is 0 Å². The first-order chi connectivity index (χ1) is 61.3. The van der Waals surface area contributed by atoms with E-state index in [1.54, 1.807) is 82.3 Å². The van der Waals surface area contributed by atoms with Gasteiger partial charge in [-0.15, -0.1) is 0 Å². The molecule has 21 N–H and O–H groups in total. The number of ether oxygens (including phenoxy) is 7. The van der Waals surface area contributed by atoms with Crippen LogP contribution in [0.15, 0.2) is 146 Å². The number of carboxylic acid groups (broad SMARTS) is 1. The monoisotopic (exact) mass is 1820 g/mol. The van der Waals surface area contributed by atoms with E-state index in [0.717, 1.165) is 72.3 Å². The lowest BCUT2D eigenvalue weighted by atomic mass is 9.84. The number of aliphatic carboxylic acids is 1. The number of nitrogens with one attached hydrogen (secondary N) is 9. The van der Waals surface area contributed by atoms with Gasteiger partial charge in [-0.05, 0) is 152 Å². The summed E-state index contributed by atoms with van der Waals surface area (Å²) in [5.41, 5.74) is 2.31. The fraction of sp³-hybridized carbons (Fsp3) is 0.352. The number of carbonyl (C=O) groups is 9. The van der Waals surface area contributed by atoms with Crippen molar-refractivity contribution < 1.29 is 132 Å². The number of nitro benzene ring substituents is 1. The van der Waals surface area contributed by atoms with Crippen LogP contribution >= 0.6 is 23.2 Å². The molecule has 18 atom stereocenters. The van der Waals surface area contributed by atoms with Gasteiger partial charge in [-0.25, -0.2) is 4.79 Å². The molecular formula is C88H93Cl2N11O28. The second-order valence-electron chi connectivity index (χ2n) is 32.3. The second-order valence-corrected chi connectivity index (χ2v) is 33.1. The number of fused-ring (bicyclic) bond motifs is 15. The summed E-state index contributed by atoms with van der Waals surface area (Å²) in [6.45, 7) is 7.22. The van der Waals surface area contributed by atoms with Crippen LogP contribution in [0, 0.1) is 23.0 Å². The van der Waals surface area contributed by atoms with Gasteiger partial charge in [0.15, 0.2) is 29.9 Å². The van der Waals surface area contributed by atoms with Crippen molar-refractivity contribution in [2.75, 3.05) is 19.0 Å². The number of amides is 8. The maximum absolute atomic E-state index is 16.3. The molecule has 0 radical (unpaired) electrons. The molecule has 0 saturated carbocycles. The number of anilines is 1. The molecule has 129 heavy (non-hydrogen) atoms. The highest BCUT2D eigenvalue weighted by Crippen LogP contribution is 2.51. The molecule has 7 aliphatic rings. The minimum atomic E-state index is -2.41. The first-order valence-electron chi connectivity index (χ1n) is 40.6. The number of nitrogens with two attached hydrogens (primary N) is 1. The number of hydrogen-bond acceptors (Lipinski definition) is 29. The van der Waals surface area contributed by atoms with E-state index >= 15 is 24.0 Å². The highest BCUT2D eigenvalue weighted by Gasteiger charge is 2.53. The number of aromatic hydroxyl groups is 3. The number of benzene rings is 8. The summed E-state index contributed by atoms with van der Waals surface area (Å²) in [7, 11) is 1.46. The molecule has 2 fully saturated rings. The maximum atomic E-state index is 16.3. The number of nitro groups is 1. The molecule has 7 aliphatic heterocycles. The normalized spacial score (nSPS) is 25.4. The Hall–Kier alpha value is -12.9. The van der Waals surface area contributed by atoms with Crippen LogP contribution < -0.4 is 72.5 Å². The number of phenolic OH excluding ortho intramolecular Hbond substituents is 3. The lowest BCUT2D eigenvalue weighted by molar-refractivity contribution is -0.386. The molecular weight excluding hydrogens is 1730 g/mol. The fourth-order valence-corrected chi connectivity index (χ4v) is 16.3. The number of aryl methyl sites for hydroxylation is 1. The first-order valence-corrected chi connectivity index (χ1v) is 41.3. The highest BCUT2D eigenvalue weighted by atomic mass is 35.5. The molecule has 0 aromatic heterocycles. The third kappa shape index (κ3) is 20.6. The van der Waals surface area contributed by atoms with Crippen LogP contribution in [0.3, 0.4) is 0 Å². The number of hydrogen-bond donors (Lipinski definition) is 20. The van der Waals surface area contributed by atoms with Crippen LogP contribution in [0.1, 0.15) is 132 Å². The molecule has 0 unspecified atom stereocenters. The molecule has 11 bridgehead atoms. The Kier molecular flexibility index (Phi) is 28.6. The van der Waals surface area contributed by atoms with E-state index in [4.69, 9.17) is 62.1 Å². The number of likely N-dealkylation sites (N-methyl/N-ethyl adjacent to an activating group) is 1. The lowest BCUT2D eigenvalue weighted by Gasteiger charge is -2.48. The van der Waals surface area contributed by atoms with Gasteiger partial charge in [-0.3, -0.25) is 48.5 Å². The quantitative estimate of drug-likeness (QED) is 0.0314. The van der Waals surface area contributed by atoms with Crippen molar-refractivity contribution in [2.45, 2.75) is 176 Å². The summed E-state index contributed by atoms with van der Waals surface area (Å²) in [5.74, 6) is -17.5. The molecule has 8 aromatic rings. The Balaban J connectivity index is 0.926. The number of aliphatic hydroxyl groups is 6. The van der Waals surface area contributed by atoms with Gasteiger partial charge >= 0.3 is 11.7 Å². The minimum absolute atomic E-state index is 0.0309. The number of primary amides is 1. The van der Waals surface area contributed by atoms with Crippen molar-refractivity contribution in [3.05, 3.63) is 216 Å². The molecule has 682 valence electrons. The van der Waals surface area contributed by atoms with Crippen LogP contribution in [-0.4, -0.2) is 202 Å². The van der Waals surface area contributed by atoms with Gasteiger partial charge in [-0.2, -0.15) is 0 Å². The summed E-state index contributed by atoms with van der Waals surface area (Å²) < 4.78 is 45.5. The third-order valence-electron chi connectivity index (χ3n) is 22.6. The van der Waals surface area contributed by atoms with Crippen molar-refractivity contribution in [3.8, 4) is 62.9 Å². The molecule has 8 amide bonds. The molecule has 15 rings (SSSR count). The summed E-state index contributed by atoms with van der Waals surface area (Å²) in [4.78, 5) is 144. The Bertz CT molecular complexity index is 5680. The van der Waals surface area contributed by atoms with Gasteiger partial charge in [-0.1, -0.05) is 104 Å². The standard InChI is InChI=1S/C88H93Cl2N11O28/c1-37(2)23-53(92-6)80(113)99-68-71(107)43-17-21-57(51(89)26-43)125-59-28-45-29-60(76(59)129-87-77(74(110)73(109)61(35-102)127-87)128-63-33-88(5,78(111)39(4)124-63)93-34-41-13-10-14-46(24-41)94-79(112)48-19-15-38(3)75(70(48)101(121)122)123-36-40-11-8-7-9-12-40)126-58-22-18-44(27-52(58)90)72(108)69-85(118)98-67(86(119)120)50-30-47(103)31-56(105)64(50)49-25-42(16-20-55(49)104)65(82(115)100-69)97-83(116)66(45)96-81(114)54(32-62(91)106)95-84(68)117/h7-22,24-31,37,39,53-54,61,63,65-69,71-74,77-78,87,92-93,102-105,107-111H,23,32-36H2,1-6H3,(H2,91,106)(H,94,112)(H,95,117)(H,96,114)(H,97,116)(H,98,118)(H,99,113)(H,100,115)(H,119,120)/t39-,53-,54+,61+,63-,65-,66-,67+,68-,69+,71-,72-,73+,74-,77+,78+,87-,88-/m1/s1. The van der Waals surface area contributed by atoms with Crippen molar-refractivity contribution in [1.29, 1.82) is 0 Å². The van der Waals surface area contributed by atoms with Crippen molar-refractivity contribution >= 4 is 87.8 Å². The van der Waals surface area contributed by atoms with Gasteiger partial charge in [0.2, 0.25) is 59.1 Å².